The van der Waals surface area contributed by atoms with Crippen molar-refractivity contribution in [2.24, 2.45) is 0 Å². The second kappa shape index (κ2) is 4.67. The molecule has 0 fully saturated rings. The molecule has 2 rings (SSSR count). The van der Waals surface area contributed by atoms with Crippen molar-refractivity contribution in [1.29, 1.82) is 0 Å². The third-order valence-corrected chi connectivity index (χ3v) is 3.05. The first kappa shape index (κ1) is 10.5. The highest BCUT2D eigenvalue weighted by atomic mass is 16.2. The van der Waals surface area contributed by atoms with Gasteiger partial charge in [0.05, 0.1) is 0 Å². The van der Waals surface area contributed by atoms with Crippen molar-refractivity contribution in [3.05, 3.63) is 29.3 Å². The number of hydrogen-bond acceptors (Lipinski definition) is 2. The highest BCUT2D eigenvalue weighted by Gasteiger charge is 2.20. The molecule has 0 saturated heterocycles. The highest BCUT2D eigenvalue weighted by molar-refractivity contribution is 5.63. The second-order valence-electron chi connectivity index (χ2n) is 4.14. The summed E-state index contributed by atoms with van der Waals surface area (Å²) in [5.41, 5.74) is 4.16. The van der Waals surface area contributed by atoms with E-state index in [0.717, 1.165) is 25.9 Å². The zero-order valence-electron chi connectivity index (χ0n) is 9.37. The molecule has 0 bridgehead atoms. The van der Waals surface area contributed by atoms with Crippen molar-refractivity contribution in [2.75, 3.05) is 24.6 Å². The van der Waals surface area contributed by atoms with Crippen LogP contribution in [0.3, 0.4) is 0 Å². The fourth-order valence-corrected chi connectivity index (χ4v) is 2.44. The molecule has 0 spiro atoms. The molecule has 82 valence electrons. The van der Waals surface area contributed by atoms with E-state index >= 15 is 0 Å². The fourth-order valence-electron chi connectivity index (χ4n) is 2.44. The SMILES string of the molecule is CCCN1CCc2cccc(CCO)c21. The maximum atomic E-state index is 9.05. The van der Waals surface area contributed by atoms with Gasteiger partial charge in [-0.1, -0.05) is 25.1 Å². The fraction of sp³-hybridized carbons (Fsp3) is 0.538. The Kier molecular flexibility index (Phi) is 3.27. The molecule has 0 aliphatic carbocycles. The van der Waals surface area contributed by atoms with E-state index in [1.807, 2.05) is 0 Å². The molecule has 2 nitrogen and oxygen atoms in total. The summed E-state index contributed by atoms with van der Waals surface area (Å²) in [7, 11) is 0. The number of anilines is 1. The molecule has 0 unspecified atom stereocenters. The van der Waals surface area contributed by atoms with Crippen LogP contribution in [0, 0.1) is 0 Å². The van der Waals surface area contributed by atoms with Gasteiger partial charge in [0.25, 0.3) is 0 Å². The summed E-state index contributed by atoms with van der Waals surface area (Å²) in [4.78, 5) is 2.46. The van der Waals surface area contributed by atoms with Crippen LogP contribution in [0.5, 0.6) is 0 Å². The van der Waals surface area contributed by atoms with E-state index < -0.39 is 0 Å². The third-order valence-electron chi connectivity index (χ3n) is 3.05. The van der Waals surface area contributed by atoms with Gasteiger partial charge in [0.1, 0.15) is 0 Å². The number of aliphatic hydroxyl groups excluding tert-OH is 1. The van der Waals surface area contributed by atoms with Crippen molar-refractivity contribution < 1.29 is 5.11 Å². The van der Waals surface area contributed by atoms with Gasteiger partial charge in [-0.15, -0.1) is 0 Å². The van der Waals surface area contributed by atoms with Crippen molar-refractivity contribution in [2.45, 2.75) is 26.2 Å². The lowest BCUT2D eigenvalue weighted by Crippen LogP contribution is -2.22. The monoisotopic (exact) mass is 205 g/mol. The van der Waals surface area contributed by atoms with Crippen LogP contribution >= 0.6 is 0 Å². The van der Waals surface area contributed by atoms with Gasteiger partial charge in [0, 0.05) is 25.4 Å². The maximum absolute atomic E-state index is 9.05. The minimum atomic E-state index is 0.246. The first-order chi connectivity index (χ1) is 7.36. The van der Waals surface area contributed by atoms with Crippen LogP contribution in [0.25, 0.3) is 0 Å². The molecule has 1 aliphatic heterocycles. The summed E-state index contributed by atoms with van der Waals surface area (Å²) < 4.78 is 0. The van der Waals surface area contributed by atoms with Crippen LogP contribution in [0.15, 0.2) is 18.2 Å². The first-order valence-electron chi connectivity index (χ1n) is 5.83. The van der Waals surface area contributed by atoms with Crippen molar-refractivity contribution in [3.8, 4) is 0 Å². The van der Waals surface area contributed by atoms with Crippen LogP contribution in [-0.4, -0.2) is 24.8 Å². The van der Waals surface area contributed by atoms with Gasteiger partial charge in [-0.05, 0) is 30.4 Å². The predicted octanol–water partition coefficient (Wildman–Crippen LogP) is 1.99. The van der Waals surface area contributed by atoms with Crippen LogP contribution in [-0.2, 0) is 12.8 Å². The average Bonchev–Trinajstić information content (AvgIpc) is 2.64. The zero-order chi connectivity index (χ0) is 10.7. The molecule has 1 aliphatic rings. The van der Waals surface area contributed by atoms with E-state index in [4.69, 9.17) is 5.11 Å². The van der Waals surface area contributed by atoms with E-state index in [1.54, 1.807) is 0 Å². The number of nitrogens with zero attached hydrogens (tertiary/aromatic N) is 1. The molecule has 1 heterocycles. The van der Waals surface area contributed by atoms with Crippen LogP contribution in [0.4, 0.5) is 5.69 Å². The lowest BCUT2D eigenvalue weighted by Gasteiger charge is -2.21. The van der Waals surface area contributed by atoms with Gasteiger partial charge < -0.3 is 10.0 Å². The molecule has 2 heteroatoms. The molecule has 15 heavy (non-hydrogen) atoms. The zero-order valence-corrected chi connectivity index (χ0v) is 9.37. The molecule has 1 aromatic carbocycles. The normalized spacial score (nSPS) is 14.4. The summed E-state index contributed by atoms with van der Waals surface area (Å²) in [6.45, 7) is 4.74. The number of hydrogen-bond donors (Lipinski definition) is 1. The number of benzene rings is 1. The summed E-state index contributed by atoms with van der Waals surface area (Å²) >= 11 is 0. The molecule has 0 atom stereocenters. The third kappa shape index (κ3) is 2.00. The Bertz CT molecular complexity index is 333. The van der Waals surface area contributed by atoms with E-state index in [2.05, 4.69) is 30.0 Å². The predicted molar refractivity (Wildman–Crippen MR) is 63.4 cm³/mol. The minimum absolute atomic E-state index is 0.246. The van der Waals surface area contributed by atoms with Crippen LogP contribution in [0.2, 0.25) is 0 Å². The largest absolute Gasteiger partial charge is 0.396 e. The van der Waals surface area contributed by atoms with E-state index in [0.29, 0.717) is 0 Å². The topological polar surface area (TPSA) is 23.5 Å². The quantitative estimate of drug-likeness (QED) is 0.812. The summed E-state index contributed by atoms with van der Waals surface area (Å²) in [5, 5.41) is 9.05. The molecular weight excluding hydrogens is 186 g/mol. The summed E-state index contributed by atoms with van der Waals surface area (Å²) in [6.07, 6.45) is 3.13. The first-order valence-corrected chi connectivity index (χ1v) is 5.83. The maximum Gasteiger partial charge on any atom is 0.0472 e. The van der Waals surface area contributed by atoms with Crippen molar-refractivity contribution >= 4 is 5.69 Å². The standard InChI is InChI=1S/C13H19NO/c1-2-8-14-9-6-11-4-3-5-12(7-10-15)13(11)14/h3-5,15H,2,6-10H2,1H3. The van der Waals surface area contributed by atoms with Crippen molar-refractivity contribution in [1.82, 2.24) is 0 Å². The number of para-hydroxylation sites is 1. The molecule has 0 radical (unpaired) electrons. The smallest absolute Gasteiger partial charge is 0.0472 e. The Morgan fingerprint density at radius 1 is 1.40 bits per heavy atom. The number of rotatable bonds is 4. The summed E-state index contributed by atoms with van der Waals surface area (Å²) in [6, 6.07) is 6.47. The molecule has 1 N–H and O–H groups in total. The lowest BCUT2D eigenvalue weighted by molar-refractivity contribution is 0.299. The minimum Gasteiger partial charge on any atom is -0.396 e. The Balaban J connectivity index is 2.30. The Morgan fingerprint density at radius 3 is 3.00 bits per heavy atom. The van der Waals surface area contributed by atoms with Crippen LogP contribution in [0.1, 0.15) is 24.5 Å². The lowest BCUT2D eigenvalue weighted by atomic mass is 10.1. The second-order valence-corrected chi connectivity index (χ2v) is 4.14. The molecule has 0 amide bonds. The highest BCUT2D eigenvalue weighted by Crippen LogP contribution is 2.32. The van der Waals surface area contributed by atoms with Crippen molar-refractivity contribution in [3.63, 3.8) is 0 Å². The van der Waals surface area contributed by atoms with Gasteiger partial charge in [0.2, 0.25) is 0 Å². The van der Waals surface area contributed by atoms with E-state index in [-0.39, 0.29) is 6.61 Å². The number of fused-ring (bicyclic) bond motifs is 1. The molecule has 0 aromatic heterocycles. The van der Waals surface area contributed by atoms with Gasteiger partial charge in [0.15, 0.2) is 0 Å². The van der Waals surface area contributed by atoms with Gasteiger partial charge in [-0.2, -0.15) is 0 Å². The molecular formula is C13H19NO. The molecule has 1 aromatic rings. The number of aliphatic hydroxyl groups is 1. The van der Waals surface area contributed by atoms with Gasteiger partial charge in [-0.25, -0.2) is 0 Å². The van der Waals surface area contributed by atoms with Gasteiger partial charge >= 0.3 is 0 Å². The Hall–Kier alpha value is -1.02. The van der Waals surface area contributed by atoms with E-state index in [9.17, 15) is 0 Å². The average molecular weight is 205 g/mol. The van der Waals surface area contributed by atoms with Gasteiger partial charge in [-0.3, -0.25) is 0 Å². The Labute approximate surface area is 91.5 Å². The molecule has 0 saturated carbocycles. The summed E-state index contributed by atoms with van der Waals surface area (Å²) in [5.74, 6) is 0. The van der Waals surface area contributed by atoms with Crippen LogP contribution < -0.4 is 4.90 Å². The Morgan fingerprint density at radius 2 is 2.27 bits per heavy atom. The van der Waals surface area contributed by atoms with E-state index in [1.165, 1.54) is 23.2 Å².